The Morgan fingerprint density at radius 2 is 1.69 bits per heavy atom. The Morgan fingerprint density at radius 3 is 2.47 bits per heavy atom. The lowest BCUT2D eigenvalue weighted by Crippen LogP contribution is -2.47. The van der Waals surface area contributed by atoms with E-state index in [1.807, 2.05) is 12.1 Å². The van der Waals surface area contributed by atoms with Crippen LogP contribution in [0.15, 0.2) is 59.7 Å². The number of hydrogen-bond acceptors (Lipinski definition) is 7. The Labute approximate surface area is 212 Å². The Kier molecular flexibility index (Phi) is 6.46. The minimum Gasteiger partial charge on any atom is -0.370 e. The molecule has 8 nitrogen and oxygen atoms in total. The highest BCUT2D eigenvalue weighted by Crippen LogP contribution is 2.28. The molecular formula is C28H35N7O. The predicted molar refractivity (Wildman–Crippen MR) is 144 cm³/mol. The summed E-state index contributed by atoms with van der Waals surface area (Å²) >= 11 is 0. The molecule has 188 valence electrons. The number of hydrogen-bond donors (Lipinski definition) is 1. The summed E-state index contributed by atoms with van der Waals surface area (Å²) in [5.74, 6) is 0.711. The van der Waals surface area contributed by atoms with Crippen LogP contribution in [-0.2, 0) is 7.05 Å². The zero-order valence-electron chi connectivity index (χ0n) is 21.0. The third-order valence-corrected chi connectivity index (χ3v) is 8.03. The largest absolute Gasteiger partial charge is 0.370 e. The van der Waals surface area contributed by atoms with Gasteiger partial charge >= 0.3 is 0 Å². The number of nitrogens with one attached hydrogen (secondary N) is 1. The van der Waals surface area contributed by atoms with Gasteiger partial charge in [0.05, 0.1) is 5.69 Å². The van der Waals surface area contributed by atoms with Crippen LogP contribution in [0.1, 0.15) is 30.9 Å². The smallest absolute Gasteiger partial charge is 0.255 e. The first kappa shape index (κ1) is 23.2. The number of benzene rings is 1. The van der Waals surface area contributed by atoms with E-state index in [2.05, 4.69) is 49.3 Å². The van der Waals surface area contributed by atoms with Gasteiger partial charge in [-0.25, -0.2) is 4.98 Å². The lowest BCUT2D eigenvalue weighted by Gasteiger charge is -2.35. The van der Waals surface area contributed by atoms with E-state index in [9.17, 15) is 4.79 Å². The van der Waals surface area contributed by atoms with Crippen molar-refractivity contribution in [1.82, 2.24) is 24.8 Å². The maximum Gasteiger partial charge on any atom is 0.255 e. The molecule has 3 aliphatic rings. The molecule has 3 saturated heterocycles. The maximum absolute atomic E-state index is 12.8. The van der Waals surface area contributed by atoms with Crippen LogP contribution in [0.3, 0.4) is 0 Å². The van der Waals surface area contributed by atoms with Crippen molar-refractivity contribution in [3.8, 4) is 11.3 Å². The Hall–Kier alpha value is -3.23. The monoisotopic (exact) mass is 485 g/mol. The molecule has 0 bridgehead atoms. The molecule has 0 amide bonds. The van der Waals surface area contributed by atoms with Crippen molar-refractivity contribution in [2.24, 2.45) is 7.05 Å². The minimum absolute atomic E-state index is 0.0518. The second-order valence-corrected chi connectivity index (χ2v) is 10.3. The van der Waals surface area contributed by atoms with E-state index in [4.69, 9.17) is 4.98 Å². The van der Waals surface area contributed by atoms with Gasteiger partial charge in [-0.2, -0.15) is 0 Å². The van der Waals surface area contributed by atoms with Crippen LogP contribution in [0.4, 0.5) is 11.6 Å². The van der Waals surface area contributed by atoms with Gasteiger partial charge in [0.1, 0.15) is 0 Å². The van der Waals surface area contributed by atoms with Gasteiger partial charge in [0.25, 0.3) is 5.56 Å². The predicted octanol–water partition coefficient (Wildman–Crippen LogP) is 2.67. The maximum atomic E-state index is 12.8. The van der Waals surface area contributed by atoms with E-state index in [1.54, 1.807) is 30.1 Å². The highest BCUT2D eigenvalue weighted by atomic mass is 16.1. The van der Waals surface area contributed by atoms with Crippen LogP contribution in [0.2, 0.25) is 0 Å². The molecule has 0 aliphatic carbocycles. The summed E-state index contributed by atoms with van der Waals surface area (Å²) in [6.45, 7) is 7.23. The topological polar surface area (TPSA) is 69.5 Å². The number of anilines is 2. The zero-order chi connectivity index (χ0) is 24.5. The number of likely N-dealkylation sites (tertiary alicyclic amines) is 1. The van der Waals surface area contributed by atoms with Gasteiger partial charge in [0, 0.05) is 81.6 Å². The standard InChI is InChI=1S/C28H35N7O/c1-32-27(36)18-25(22-8-11-29-12-9-22)31-28(32)35-17-13-30-26(20-35)21-4-6-23(7-5-21)34-16-10-24(19-34)33-14-2-3-15-33/h4-9,11-12,18,24,26,30H,2-3,10,13-17,19-20H2,1H3/t24-,26+/m0/s1. The molecule has 3 aliphatic heterocycles. The van der Waals surface area contributed by atoms with Crippen molar-refractivity contribution >= 4 is 11.6 Å². The average Bonchev–Trinajstić information content (AvgIpc) is 3.64. The molecule has 6 rings (SSSR count). The summed E-state index contributed by atoms with van der Waals surface area (Å²) in [7, 11) is 1.80. The van der Waals surface area contributed by atoms with Gasteiger partial charge in [-0.1, -0.05) is 12.1 Å². The first-order valence-electron chi connectivity index (χ1n) is 13.2. The van der Waals surface area contributed by atoms with Crippen molar-refractivity contribution in [2.45, 2.75) is 31.3 Å². The summed E-state index contributed by atoms with van der Waals surface area (Å²) in [4.78, 5) is 29.2. The van der Waals surface area contributed by atoms with Crippen LogP contribution >= 0.6 is 0 Å². The van der Waals surface area contributed by atoms with E-state index in [0.29, 0.717) is 17.7 Å². The van der Waals surface area contributed by atoms with Crippen LogP contribution in [0, 0.1) is 0 Å². The quantitative estimate of drug-likeness (QED) is 0.596. The number of nitrogens with zero attached hydrogens (tertiary/aromatic N) is 6. The van der Waals surface area contributed by atoms with Crippen LogP contribution < -0.4 is 20.7 Å². The molecule has 3 aromatic rings. The van der Waals surface area contributed by atoms with E-state index in [0.717, 1.165) is 38.3 Å². The molecule has 0 spiro atoms. The molecular weight excluding hydrogens is 450 g/mol. The third-order valence-electron chi connectivity index (χ3n) is 8.03. The van der Waals surface area contributed by atoms with Gasteiger partial charge in [-0.3, -0.25) is 19.2 Å². The van der Waals surface area contributed by atoms with Gasteiger partial charge in [-0.15, -0.1) is 0 Å². The number of rotatable bonds is 5. The van der Waals surface area contributed by atoms with Crippen molar-refractivity contribution < 1.29 is 0 Å². The molecule has 36 heavy (non-hydrogen) atoms. The number of piperazine rings is 1. The van der Waals surface area contributed by atoms with Gasteiger partial charge in [0.2, 0.25) is 5.95 Å². The minimum atomic E-state index is -0.0518. The Morgan fingerprint density at radius 1 is 0.917 bits per heavy atom. The molecule has 1 aromatic carbocycles. The summed E-state index contributed by atoms with van der Waals surface area (Å²) < 4.78 is 1.65. The fourth-order valence-corrected chi connectivity index (χ4v) is 5.93. The molecule has 1 N–H and O–H groups in total. The molecule has 0 saturated carbocycles. The Balaban J connectivity index is 1.17. The fourth-order valence-electron chi connectivity index (χ4n) is 5.93. The first-order valence-corrected chi connectivity index (χ1v) is 13.2. The highest BCUT2D eigenvalue weighted by Gasteiger charge is 2.30. The summed E-state index contributed by atoms with van der Waals surface area (Å²) in [6.07, 6.45) is 7.44. The van der Waals surface area contributed by atoms with Gasteiger partial charge < -0.3 is 15.1 Å². The first-order chi connectivity index (χ1) is 17.7. The third kappa shape index (κ3) is 4.63. The summed E-state index contributed by atoms with van der Waals surface area (Å²) in [5, 5.41) is 3.66. The summed E-state index contributed by atoms with van der Waals surface area (Å²) in [5.41, 5.74) is 4.13. The molecule has 3 fully saturated rings. The molecule has 2 atom stereocenters. The number of aromatic nitrogens is 3. The van der Waals surface area contributed by atoms with E-state index < -0.39 is 0 Å². The van der Waals surface area contributed by atoms with E-state index in [1.165, 1.54) is 43.6 Å². The van der Waals surface area contributed by atoms with Crippen LogP contribution in [0.25, 0.3) is 11.3 Å². The molecule has 2 aromatic heterocycles. The van der Waals surface area contributed by atoms with Crippen molar-refractivity contribution in [1.29, 1.82) is 0 Å². The van der Waals surface area contributed by atoms with Gasteiger partial charge in [0.15, 0.2) is 0 Å². The van der Waals surface area contributed by atoms with E-state index >= 15 is 0 Å². The second-order valence-electron chi connectivity index (χ2n) is 10.3. The van der Waals surface area contributed by atoms with E-state index in [-0.39, 0.29) is 11.6 Å². The Bertz CT molecular complexity index is 1240. The second kappa shape index (κ2) is 10.0. The lowest BCUT2D eigenvalue weighted by atomic mass is 10.0. The molecule has 0 radical (unpaired) electrons. The van der Waals surface area contributed by atoms with Crippen molar-refractivity contribution in [3.63, 3.8) is 0 Å². The summed E-state index contributed by atoms with van der Waals surface area (Å²) in [6, 6.07) is 15.4. The molecule has 8 heteroatoms. The highest BCUT2D eigenvalue weighted by molar-refractivity contribution is 5.59. The average molecular weight is 486 g/mol. The molecule has 5 heterocycles. The number of pyridine rings is 1. The van der Waals surface area contributed by atoms with Crippen molar-refractivity contribution in [3.05, 3.63) is 70.8 Å². The van der Waals surface area contributed by atoms with Gasteiger partial charge in [-0.05, 0) is 62.2 Å². The normalized spacial score (nSPS) is 22.9. The van der Waals surface area contributed by atoms with Crippen LogP contribution in [0.5, 0.6) is 0 Å². The van der Waals surface area contributed by atoms with Crippen molar-refractivity contribution in [2.75, 3.05) is 55.6 Å². The van der Waals surface area contributed by atoms with Crippen LogP contribution in [-0.4, -0.2) is 71.3 Å². The zero-order valence-corrected chi connectivity index (χ0v) is 21.0. The lowest BCUT2D eigenvalue weighted by molar-refractivity contribution is 0.260. The SMILES string of the molecule is Cn1c(N2CCN[C@@H](c3ccc(N4CC[C@H](N5CCCC5)C4)cc3)C2)nc(-c2ccncc2)cc1=O. The molecule has 0 unspecified atom stereocenters. The fraction of sp³-hybridized carbons (Fsp3) is 0.464.